The molecular weight excluding hydrogens is 318 g/mol. The number of aromatic nitrogens is 1. The summed E-state index contributed by atoms with van der Waals surface area (Å²) in [6.45, 7) is 0.757. The van der Waals surface area contributed by atoms with E-state index >= 15 is 0 Å². The molecule has 0 bridgehead atoms. The molecule has 2 rings (SSSR count). The van der Waals surface area contributed by atoms with Crippen LogP contribution in [0.1, 0.15) is 44.1 Å². The Hall–Kier alpha value is -2.31. The predicted molar refractivity (Wildman–Crippen MR) is 98.4 cm³/mol. The van der Waals surface area contributed by atoms with E-state index in [1.807, 2.05) is 31.1 Å². The van der Waals surface area contributed by atoms with Crippen LogP contribution >= 0.6 is 0 Å². The highest BCUT2D eigenvalue weighted by molar-refractivity contribution is 5.78. The maximum Gasteiger partial charge on any atom is 0.315 e. The highest BCUT2D eigenvalue weighted by atomic mass is 16.2. The van der Waals surface area contributed by atoms with E-state index in [2.05, 4.69) is 20.9 Å². The molecule has 1 fully saturated rings. The molecule has 1 aliphatic rings. The maximum atomic E-state index is 11.9. The van der Waals surface area contributed by atoms with Crippen molar-refractivity contribution < 1.29 is 9.59 Å². The SMILES string of the molecule is CN(C)c1cc(CNC(=O)NCCC(=O)NC2CCCCC2)ccn1. The molecule has 0 radical (unpaired) electrons. The van der Waals surface area contributed by atoms with Crippen LogP contribution in [0.15, 0.2) is 18.3 Å². The minimum absolute atomic E-state index is 0.0111. The van der Waals surface area contributed by atoms with Crippen molar-refractivity contribution in [2.24, 2.45) is 0 Å². The molecular formula is C18H29N5O2. The number of hydrogen-bond donors (Lipinski definition) is 3. The van der Waals surface area contributed by atoms with Gasteiger partial charge in [-0.15, -0.1) is 0 Å². The lowest BCUT2D eigenvalue weighted by Gasteiger charge is -2.22. The third-order valence-corrected chi connectivity index (χ3v) is 4.33. The van der Waals surface area contributed by atoms with E-state index in [-0.39, 0.29) is 11.9 Å². The number of carbonyl (C=O) groups excluding carboxylic acids is 2. The third-order valence-electron chi connectivity index (χ3n) is 4.33. The molecule has 1 aromatic heterocycles. The van der Waals surface area contributed by atoms with Gasteiger partial charge in [-0.25, -0.2) is 9.78 Å². The van der Waals surface area contributed by atoms with Crippen LogP contribution in [0, 0.1) is 0 Å². The van der Waals surface area contributed by atoms with Gasteiger partial charge in [0.05, 0.1) is 0 Å². The number of rotatable bonds is 7. The van der Waals surface area contributed by atoms with Crippen molar-refractivity contribution in [3.8, 4) is 0 Å². The number of nitrogens with one attached hydrogen (secondary N) is 3. The summed E-state index contributed by atoms with van der Waals surface area (Å²) in [4.78, 5) is 29.9. The zero-order valence-electron chi connectivity index (χ0n) is 15.2. The summed E-state index contributed by atoms with van der Waals surface area (Å²) in [6.07, 6.45) is 7.82. The largest absolute Gasteiger partial charge is 0.363 e. The first-order valence-corrected chi connectivity index (χ1v) is 8.98. The molecule has 0 atom stereocenters. The molecule has 0 aliphatic heterocycles. The zero-order valence-corrected chi connectivity index (χ0v) is 15.2. The number of carbonyl (C=O) groups is 2. The first kappa shape index (κ1) is 19.0. The molecule has 138 valence electrons. The summed E-state index contributed by atoms with van der Waals surface area (Å²) in [5, 5.41) is 8.56. The third kappa shape index (κ3) is 6.99. The van der Waals surface area contributed by atoms with Crippen molar-refractivity contribution in [2.75, 3.05) is 25.5 Å². The lowest BCUT2D eigenvalue weighted by molar-refractivity contribution is -0.121. The molecule has 0 unspecified atom stereocenters. The number of amides is 3. The standard InChI is InChI=1S/C18H29N5O2/c1-23(2)16-12-14(8-10-19-16)13-21-18(25)20-11-9-17(24)22-15-6-4-3-5-7-15/h8,10,12,15H,3-7,9,11,13H2,1-2H3,(H,22,24)(H2,20,21,25). The van der Waals surface area contributed by atoms with Gasteiger partial charge in [0.25, 0.3) is 0 Å². The van der Waals surface area contributed by atoms with Gasteiger partial charge >= 0.3 is 6.03 Å². The van der Waals surface area contributed by atoms with E-state index in [4.69, 9.17) is 0 Å². The van der Waals surface area contributed by atoms with E-state index in [9.17, 15) is 9.59 Å². The Morgan fingerprint density at radius 3 is 2.68 bits per heavy atom. The number of hydrogen-bond acceptors (Lipinski definition) is 4. The van der Waals surface area contributed by atoms with Crippen LogP contribution in [0.4, 0.5) is 10.6 Å². The number of urea groups is 1. The molecule has 1 aromatic rings. The van der Waals surface area contributed by atoms with Crippen molar-refractivity contribution in [3.63, 3.8) is 0 Å². The van der Waals surface area contributed by atoms with Crippen LogP contribution in [0.2, 0.25) is 0 Å². The van der Waals surface area contributed by atoms with Crippen molar-refractivity contribution in [1.82, 2.24) is 20.9 Å². The minimum atomic E-state index is -0.270. The topological polar surface area (TPSA) is 86.4 Å². The van der Waals surface area contributed by atoms with Gasteiger partial charge in [-0.2, -0.15) is 0 Å². The number of anilines is 1. The molecule has 1 heterocycles. The smallest absolute Gasteiger partial charge is 0.315 e. The zero-order chi connectivity index (χ0) is 18.1. The van der Waals surface area contributed by atoms with E-state index < -0.39 is 0 Å². The van der Waals surface area contributed by atoms with Crippen molar-refractivity contribution in [3.05, 3.63) is 23.9 Å². The number of nitrogens with zero attached hydrogens (tertiary/aromatic N) is 2. The minimum Gasteiger partial charge on any atom is -0.363 e. The van der Waals surface area contributed by atoms with Crippen LogP contribution in [0.3, 0.4) is 0 Å². The van der Waals surface area contributed by atoms with Gasteiger partial charge in [-0.3, -0.25) is 4.79 Å². The molecule has 25 heavy (non-hydrogen) atoms. The summed E-state index contributed by atoms with van der Waals surface area (Å²) in [6, 6.07) is 3.84. The molecule has 0 saturated heterocycles. The van der Waals surface area contributed by atoms with Gasteiger partial charge in [0, 0.05) is 45.8 Å². The summed E-state index contributed by atoms with van der Waals surface area (Å²) in [7, 11) is 3.84. The van der Waals surface area contributed by atoms with E-state index in [0.29, 0.717) is 25.6 Å². The lowest BCUT2D eigenvalue weighted by atomic mass is 9.95. The van der Waals surface area contributed by atoms with Crippen LogP contribution < -0.4 is 20.9 Å². The van der Waals surface area contributed by atoms with Gasteiger partial charge in [-0.1, -0.05) is 19.3 Å². The molecule has 7 nitrogen and oxygen atoms in total. The van der Waals surface area contributed by atoms with Crippen LogP contribution in [0.5, 0.6) is 0 Å². The molecule has 1 saturated carbocycles. The second-order valence-electron chi connectivity index (χ2n) is 6.68. The Balaban J connectivity index is 1.62. The Morgan fingerprint density at radius 1 is 1.20 bits per heavy atom. The van der Waals surface area contributed by atoms with Crippen molar-refractivity contribution in [2.45, 2.75) is 51.1 Å². The second-order valence-corrected chi connectivity index (χ2v) is 6.68. The van der Waals surface area contributed by atoms with E-state index in [1.165, 1.54) is 19.3 Å². The monoisotopic (exact) mass is 347 g/mol. The molecule has 1 aliphatic carbocycles. The molecule has 0 spiro atoms. The van der Waals surface area contributed by atoms with Gasteiger partial charge in [0.2, 0.25) is 5.91 Å². The van der Waals surface area contributed by atoms with E-state index in [0.717, 1.165) is 24.2 Å². The average Bonchev–Trinajstić information content (AvgIpc) is 2.61. The highest BCUT2D eigenvalue weighted by Crippen LogP contribution is 2.17. The first-order valence-electron chi connectivity index (χ1n) is 8.98. The summed E-state index contributed by atoms with van der Waals surface area (Å²) in [5.41, 5.74) is 0.976. The number of pyridine rings is 1. The van der Waals surface area contributed by atoms with Crippen LogP contribution in [-0.4, -0.2) is 43.6 Å². The van der Waals surface area contributed by atoms with Crippen LogP contribution in [0.25, 0.3) is 0 Å². The van der Waals surface area contributed by atoms with Crippen molar-refractivity contribution >= 4 is 17.8 Å². The second kappa shape index (κ2) is 9.86. The van der Waals surface area contributed by atoms with Gasteiger partial charge in [-0.05, 0) is 30.5 Å². The fraction of sp³-hybridized carbons (Fsp3) is 0.611. The average molecular weight is 347 g/mol. The normalized spacial score (nSPS) is 14.6. The van der Waals surface area contributed by atoms with Gasteiger partial charge in [0.1, 0.15) is 5.82 Å². The highest BCUT2D eigenvalue weighted by Gasteiger charge is 2.15. The van der Waals surface area contributed by atoms with Crippen molar-refractivity contribution in [1.29, 1.82) is 0 Å². The van der Waals surface area contributed by atoms with E-state index in [1.54, 1.807) is 6.20 Å². The lowest BCUT2D eigenvalue weighted by Crippen LogP contribution is -2.40. The van der Waals surface area contributed by atoms with Crippen LogP contribution in [-0.2, 0) is 11.3 Å². The van der Waals surface area contributed by atoms with Gasteiger partial charge in [0.15, 0.2) is 0 Å². The predicted octanol–water partition coefficient (Wildman–Crippen LogP) is 1.79. The molecule has 0 aromatic carbocycles. The quantitative estimate of drug-likeness (QED) is 0.702. The fourth-order valence-corrected chi connectivity index (χ4v) is 2.90. The molecule has 3 N–H and O–H groups in total. The fourth-order valence-electron chi connectivity index (χ4n) is 2.90. The Morgan fingerprint density at radius 2 is 1.96 bits per heavy atom. The first-order chi connectivity index (χ1) is 12.0. The Labute approximate surface area is 149 Å². The van der Waals surface area contributed by atoms with Gasteiger partial charge < -0.3 is 20.9 Å². The molecule has 7 heteroatoms. The summed E-state index contributed by atoms with van der Waals surface area (Å²) >= 11 is 0. The summed E-state index contributed by atoms with van der Waals surface area (Å²) < 4.78 is 0. The Bertz CT molecular complexity index is 570. The summed E-state index contributed by atoms with van der Waals surface area (Å²) in [5.74, 6) is 0.857. The molecule has 3 amide bonds. The maximum absolute atomic E-state index is 11.9. The Kier molecular flexibility index (Phi) is 7.50.